The quantitative estimate of drug-likeness (QED) is 0.142. The first-order valence-corrected chi connectivity index (χ1v) is 20.6. The van der Waals surface area contributed by atoms with Gasteiger partial charge in [0.15, 0.2) is 0 Å². The van der Waals surface area contributed by atoms with E-state index >= 15 is 0 Å². The van der Waals surface area contributed by atoms with Crippen molar-refractivity contribution in [3.63, 3.8) is 0 Å². The first-order chi connectivity index (χ1) is 29.6. The van der Waals surface area contributed by atoms with Crippen molar-refractivity contribution in [3.8, 4) is 11.1 Å². The zero-order valence-corrected chi connectivity index (χ0v) is 32.8. The van der Waals surface area contributed by atoms with Gasteiger partial charge in [-0.2, -0.15) is 0 Å². The first kappa shape index (κ1) is 35.8. The molecule has 3 aliphatic rings. The summed E-state index contributed by atoms with van der Waals surface area (Å²) in [5.74, 6) is 0.0563. The minimum atomic E-state index is -0.831. The van der Waals surface area contributed by atoms with Gasteiger partial charge in [-0.3, -0.25) is 0 Å². The number of anilines is 3. The van der Waals surface area contributed by atoms with Crippen molar-refractivity contribution in [2.45, 2.75) is 17.3 Å². The molecule has 0 fully saturated rings. The molecule has 0 heterocycles. The molecule has 2 nitrogen and oxygen atoms in total. The van der Waals surface area contributed by atoms with Gasteiger partial charge >= 0.3 is 0 Å². The fourth-order valence-electron chi connectivity index (χ4n) is 10.8. The van der Waals surface area contributed by atoms with Gasteiger partial charge in [-0.25, -0.2) is 0 Å². The highest BCUT2D eigenvalue weighted by atomic mass is 19.4. The Hall–Kier alpha value is -7.30. The zero-order chi connectivity index (χ0) is 40.3. The molecule has 8 aromatic carbocycles. The second kappa shape index (κ2) is 14.2. The maximum absolute atomic E-state index is 13.8. The van der Waals surface area contributed by atoms with Crippen LogP contribution in [0.1, 0.15) is 50.9 Å². The number of halogens is 2. The number of rotatable bonds is 8. The first-order valence-electron chi connectivity index (χ1n) is 20.6. The third-order valence-corrected chi connectivity index (χ3v) is 13.2. The predicted octanol–water partition coefficient (Wildman–Crippen LogP) is 14.1. The lowest BCUT2D eigenvalue weighted by Gasteiger charge is -2.41. The predicted molar refractivity (Wildman–Crippen MR) is 240 cm³/mol. The summed E-state index contributed by atoms with van der Waals surface area (Å²) in [7, 11) is 0. The largest absolute Gasteiger partial charge is 0.314 e. The highest BCUT2D eigenvalue weighted by molar-refractivity contribution is 5.88. The summed E-state index contributed by atoms with van der Waals surface area (Å²) in [6, 6.07) is 74.5. The van der Waals surface area contributed by atoms with Crippen molar-refractivity contribution in [2.24, 2.45) is 5.92 Å². The van der Waals surface area contributed by atoms with E-state index in [0.717, 1.165) is 22.6 Å². The van der Waals surface area contributed by atoms with Crippen molar-refractivity contribution in [1.29, 1.82) is 0 Å². The van der Waals surface area contributed by atoms with E-state index in [2.05, 4.69) is 205 Å². The van der Waals surface area contributed by atoms with Gasteiger partial charge in [-0.05, 0) is 115 Å². The van der Waals surface area contributed by atoms with Crippen LogP contribution < -0.4 is 10.2 Å². The van der Waals surface area contributed by atoms with Crippen molar-refractivity contribution < 1.29 is 8.96 Å². The van der Waals surface area contributed by atoms with Gasteiger partial charge in [-0.15, -0.1) is 0 Å². The second-order valence-corrected chi connectivity index (χ2v) is 16.0. The van der Waals surface area contributed by atoms with E-state index in [-0.39, 0.29) is 11.6 Å². The molecule has 0 N–H and O–H groups in total. The number of allylic oxidation sites excluding steroid dienone is 4. The summed E-state index contributed by atoms with van der Waals surface area (Å²) in [4.78, 5) is 2.26. The normalized spacial score (nSPS) is 16.4. The molecule has 8 aromatic rings. The molecular formula is C56H40F2N2. The molecule has 1 atom stereocenters. The van der Waals surface area contributed by atoms with Crippen LogP contribution in [0, 0.1) is 5.92 Å². The highest BCUT2D eigenvalue weighted by Gasteiger charge is 2.53. The van der Waals surface area contributed by atoms with Gasteiger partial charge in [0.1, 0.15) is 5.69 Å². The van der Waals surface area contributed by atoms with Gasteiger partial charge in [0, 0.05) is 23.0 Å². The molecule has 4 heteroatoms. The van der Waals surface area contributed by atoms with Crippen LogP contribution in [0.4, 0.5) is 26.0 Å². The Labute approximate surface area is 349 Å². The molecule has 0 aliphatic heterocycles. The molecule has 0 bridgehead atoms. The third-order valence-electron chi connectivity index (χ3n) is 13.2. The SMILES string of the molecule is FN(F)c1ccc(N(C2=CC=C3c4ccccc4C(c4ccccc4)(c4ccccc4)C3C2)c2ccc(C3(c4ccccc4)c4ccccc4-c4ccccc43)cc2)cc1. The van der Waals surface area contributed by atoms with Crippen LogP contribution in [0.25, 0.3) is 16.7 Å². The topological polar surface area (TPSA) is 6.48 Å². The number of hydrogen-bond donors (Lipinski definition) is 0. The molecule has 0 radical (unpaired) electrons. The summed E-state index contributed by atoms with van der Waals surface area (Å²) in [6.45, 7) is 0. The van der Waals surface area contributed by atoms with E-state index in [4.69, 9.17) is 0 Å². The average molecular weight is 779 g/mol. The number of nitrogens with zero attached hydrogens (tertiary/aromatic N) is 2. The Balaban J connectivity index is 1.09. The van der Waals surface area contributed by atoms with Gasteiger partial charge in [0.25, 0.3) is 0 Å². The molecule has 288 valence electrons. The second-order valence-electron chi connectivity index (χ2n) is 16.0. The third kappa shape index (κ3) is 5.23. The van der Waals surface area contributed by atoms with E-state index in [9.17, 15) is 8.96 Å². The Morgan fingerprint density at radius 1 is 0.383 bits per heavy atom. The lowest BCUT2D eigenvalue weighted by Crippen LogP contribution is -2.36. The molecule has 0 saturated heterocycles. The molecule has 60 heavy (non-hydrogen) atoms. The van der Waals surface area contributed by atoms with Crippen LogP contribution in [-0.4, -0.2) is 0 Å². The van der Waals surface area contributed by atoms with Gasteiger partial charge in [0.2, 0.25) is 0 Å². The van der Waals surface area contributed by atoms with Crippen molar-refractivity contribution in [2.75, 3.05) is 10.2 Å². The van der Waals surface area contributed by atoms with Crippen LogP contribution in [0.15, 0.2) is 230 Å². The molecule has 0 spiro atoms. The van der Waals surface area contributed by atoms with Gasteiger partial charge in [-0.1, -0.05) is 191 Å². The van der Waals surface area contributed by atoms with E-state index in [0.29, 0.717) is 6.42 Å². The molecule has 11 rings (SSSR count). The van der Waals surface area contributed by atoms with Crippen LogP contribution >= 0.6 is 0 Å². The highest BCUT2D eigenvalue weighted by Crippen LogP contribution is 2.61. The molecule has 3 aliphatic carbocycles. The van der Waals surface area contributed by atoms with Crippen LogP contribution in [-0.2, 0) is 10.8 Å². The minimum Gasteiger partial charge on any atom is -0.314 e. The standard InChI is InChI=1S/C56H40F2N2/c57-60(58)45-34-32-44(33-35-45)59(43-30-28-42(29-31-43)55(39-16-4-1-5-17-39)51-25-13-10-22-47(51)48-23-11-14-26-52(48)55)46-36-37-50-49-24-12-15-27-53(49)56(54(50)38-46,40-18-6-2-7-19-40)41-20-8-3-9-21-41/h1-37,54H,38H2. The summed E-state index contributed by atoms with van der Waals surface area (Å²) >= 11 is 0. The Morgan fingerprint density at radius 3 is 1.33 bits per heavy atom. The maximum atomic E-state index is 13.8. The van der Waals surface area contributed by atoms with Gasteiger partial charge < -0.3 is 4.90 Å². The number of fused-ring (bicyclic) bond motifs is 6. The fourth-order valence-corrected chi connectivity index (χ4v) is 10.8. The monoisotopic (exact) mass is 778 g/mol. The summed E-state index contributed by atoms with van der Waals surface area (Å²) in [5.41, 5.74) is 15.4. The smallest absolute Gasteiger partial charge is 0.105 e. The lowest BCUT2D eigenvalue weighted by molar-refractivity contribution is 0.235. The molecule has 0 amide bonds. The lowest BCUT2D eigenvalue weighted by atomic mass is 9.62. The van der Waals surface area contributed by atoms with Crippen LogP contribution in [0.3, 0.4) is 0 Å². The van der Waals surface area contributed by atoms with Crippen molar-refractivity contribution in [1.82, 2.24) is 0 Å². The fraction of sp³-hybridized carbons (Fsp3) is 0.0714. The summed E-state index contributed by atoms with van der Waals surface area (Å²) in [5, 5.41) is -0.831. The Kier molecular flexibility index (Phi) is 8.49. The van der Waals surface area contributed by atoms with E-state index < -0.39 is 16.2 Å². The summed E-state index contributed by atoms with van der Waals surface area (Å²) < 4.78 is 27.7. The van der Waals surface area contributed by atoms with E-state index in [1.807, 2.05) is 0 Å². The van der Waals surface area contributed by atoms with Crippen molar-refractivity contribution >= 4 is 22.6 Å². The number of hydrogen-bond acceptors (Lipinski definition) is 2. The number of benzene rings is 8. The van der Waals surface area contributed by atoms with Crippen LogP contribution in [0.2, 0.25) is 0 Å². The zero-order valence-electron chi connectivity index (χ0n) is 32.8. The van der Waals surface area contributed by atoms with E-state index in [1.165, 1.54) is 67.8 Å². The Morgan fingerprint density at radius 2 is 0.800 bits per heavy atom. The minimum absolute atomic E-state index is 0.0563. The Bertz CT molecular complexity index is 2830. The van der Waals surface area contributed by atoms with Gasteiger partial charge in [0.05, 0.1) is 10.8 Å². The molecule has 0 aromatic heterocycles. The van der Waals surface area contributed by atoms with Crippen LogP contribution in [0.5, 0.6) is 0 Å². The molecule has 1 unspecified atom stereocenters. The average Bonchev–Trinajstić information content (AvgIpc) is 3.79. The molecular weight excluding hydrogens is 739 g/mol. The maximum Gasteiger partial charge on any atom is 0.105 e. The summed E-state index contributed by atoms with van der Waals surface area (Å²) in [6.07, 6.45) is 5.25. The molecule has 0 saturated carbocycles. The van der Waals surface area contributed by atoms with Crippen molar-refractivity contribution in [3.05, 3.63) is 275 Å². The van der Waals surface area contributed by atoms with E-state index in [1.54, 1.807) is 12.1 Å².